The van der Waals surface area contributed by atoms with Crippen LogP contribution >= 0.6 is 0 Å². The van der Waals surface area contributed by atoms with Gasteiger partial charge in [-0.05, 0) is 42.8 Å². The summed E-state index contributed by atoms with van der Waals surface area (Å²) in [6, 6.07) is 8.18. The standard InChI is InChI=1S/C16H14F2N2O3S/c17-11-3-8-14(18)15(10-11)19-24(22,23)13-6-4-12(5-7-13)20-9-1-2-16(20)21/h3-8,10,19H,1-2,9H2. The minimum Gasteiger partial charge on any atom is -0.312 e. The van der Waals surface area contributed by atoms with E-state index >= 15 is 0 Å². The second-order valence-electron chi connectivity index (χ2n) is 5.37. The fraction of sp³-hybridized carbons (Fsp3) is 0.188. The topological polar surface area (TPSA) is 66.5 Å². The van der Waals surface area contributed by atoms with E-state index in [1.807, 2.05) is 4.72 Å². The maximum absolute atomic E-state index is 13.6. The minimum atomic E-state index is -4.07. The third-order valence-electron chi connectivity index (χ3n) is 3.70. The maximum atomic E-state index is 13.6. The summed E-state index contributed by atoms with van der Waals surface area (Å²) in [5.74, 6) is -1.64. The van der Waals surface area contributed by atoms with Gasteiger partial charge in [0.05, 0.1) is 10.6 Å². The highest BCUT2D eigenvalue weighted by Crippen LogP contribution is 2.25. The summed E-state index contributed by atoms with van der Waals surface area (Å²) < 4.78 is 53.3. The molecule has 1 fully saturated rings. The van der Waals surface area contributed by atoms with E-state index in [-0.39, 0.29) is 10.8 Å². The highest BCUT2D eigenvalue weighted by molar-refractivity contribution is 7.92. The fourth-order valence-corrected chi connectivity index (χ4v) is 3.56. The van der Waals surface area contributed by atoms with Crippen LogP contribution in [0, 0.1) is 11.6 Å². The number of hydrogen-bond acceptors (Lipinski definition) is 3. The second-order valence-corrected chi connectivity index (χ2v) is 7.05. The predicted molar refractivity (Wildman–Crippen MR) is 85.2 cm³/mol. The lowest BCUT2D eigenvalue weighted by molar-refractivity contribution is -0.117. The highest BCUT2D eigenvalue weighted by Gasteiger charge is 2.23. The van der Waals surface area contributed by atoms with E-state index in [1.165, 1.54) is 24.3 Å². The lowest BCUT2D eigenvalue weighted by atomic mass is 10.3. The van der Waals surface area contributed by atoms with Gasteiger partial charge in [-0.25, -0.2) is 17.2 Å². The molecule has 0 radical (unpaired) electrons. The van der Waals surface area contributed by atoms with Crippen molar-refractivity contribution in [3.8, 4) is 0 Å². The quantitative estimate of drug-likeness (QED) is 0.920. The Hall–Kier alpha value is -2.48. The largest absolute Gasteiger partial charge is 0.312 e. The van der Waals surface area contributed by atoms with Crippen LogP contribution in [0.15, 0.2) is 47.4 Å². The summed E-state index contributed by atoms with van der Waals surface area (Å²) >= 11 is 0. The molecule has 0 spiro atoms. The predicted octanol–water partition coefficient (Wildman–Crippen LogP) is 2.89. The highest BCUT2D eigenvalue weighted by atomic mass is 32.2. The van der Waals surface area contributed by atoms with Gasteiger partial charge in [-0.15, -0.1) is 0 Å². The van der Waals surface area contributed by atoms with Crippen molar-refractivity contribution >= 4 is 27.3 Å². The van der Waals surface area contributed by atoms with Crippen molar-refractivity contribution in [1.29, 1.82) is 0 Å². The van der Waals surface area contributed by atoms with E-state index in [0.29, 0.717) is 18.7 Å². The number of nitrogens with zero attached hydrogens (tertiary/aromatic N) is 1. The summed E-state index contributed by atoms with van der Waals surface area (Å²) in [5, 5.41) is 0. The van der Waals surface area contributed by atoms with E-state index < -0.39 is 27.3 Å². The van der Waals surface area contributed by atoms with Crippen LogP contribution in [-0.2, 0) is 14.8 Å². The molecule has 5 nitrogen and oxygen atoms in total. The zero-order valence-electron chi connectivity index (χ0n) is 12.5. The van der Waals surface area contributed by atoms with E-state index in [4.69, 9.17) is 0 Å². The monoisotopic (exact) mass is 352 g/mol. The van der Waals surface area contributed by atoms with Crippen molar-refractivity contribution in [3.05, 3.63) is 54.1 Å². The molecule has 1 heterocycles. The lowest BCUT2D eigenvalue weighted by Crippen LogP contribution is -2.23. The Morgan fingerprint density at radius 2 is 1.75 bits per heavy atom. The van der Waals surface area contributed by atoms with Gasteiger partial charge >= 0.3 is 0 Å². The van der Waals surface area contributed by atoms with E-state index in [0.717, 1.165) is 24.6 Å². The van der Waals surface area contributed by atoms with Crippen LogP contribution in [0.5, 0.6) is 0 Å². The average molecular weight is 352 g/mol. The van der Waals surface area contributed by atoms with Gasteiger partial charge in [0.15, 0.2) is 0 Å². The van der Waals surface area contributed by atoms with Crippen LogP contribution in [0.3, 0.4) is 0 Å². The van der Waals surface area contributed by atoms with Gasteiger partial charge in [0.1, 0.15) is 11.6 Å². The van der Waals surface area contributed by atoms with Crippen molar-refractivity contribution in [2.75, 3.05) is 16.2 Å². The van der Waals surface area contributed by atoms with Crippen molar-refractivity contribution in [2.24, 2.45) is 0 Å². The van der Waals surface area contributed by atoms with Gasteiger partial charge in [0.25, 0.3) is 10.0 Å². The lowest BCUT2D eigenvalue weighted by Gasteiger charge is -2.16. The number of carbonyl (C=O) groups is 1. The first-order valence-corrected chi connectivity index (χ1v) is 8.73. The Morgan fingerprint density at radius 1 is 1.04 bits per heavy atom. The van der Waals surface area contributed by atoms with Crippen molar-refractivity contribution in [3.63, 3.8) is 0 Å². The van der Waals surface area contributed by atoms with Gasteiger partial charge in [0, 0.05) is 24.7 Å². The number of sulfonamides is 1. The Balaban J connectivity index is 1.84. The SMILES string of the molecule is O=C1CCCN1c1ccc(S(=O)(=O)Nc2cc(F)ccc2F)cc1. The molecule has 2 aromatic rings. The van der Waals surface area contributed by atoms with Crippen LogP contribution in [0.1, 0.15) is 12.8 Å². The zero-order valence-corrected chi connectivity index (χ0v) is 13.3. The zero-order chi connectivity index (χ0) is 17.3. The molecule has 1 aliphatic heterocycles. The second kappa shape index (κ2) is 6.20. The summed E-state index contributed by atoms with van der Waals surface area (Å²) in [6.45, 7) is 0.595. The molecule has 1 aliphatic rings. The molecule has 3 rings (SSSR count). The normalized spacial score (nSPS) is 14.9. The molecule has 24 heavy (non-hydrogen) atoms. The number of hydrogen-bond donors (Lipinski definition) is 1. The number of amides is 1. The Labute approximate surface area is 138 Å². The molecule has 0 bridgehead atoms. The number of nitrogens with one attached hydrogen (secondary N) is 1. The summed E-state index contributed by atoms with van der Waals surface area (Å²) in [6.07, 6.45) is 1.24. The molecule has 126 valence electrons. The molecule has 1 amide bonds. The van der Waals surface area contributed by atoms with Gasteiger partial charge in [-0.3, -0.25) is 9.52 Å². The maximum Gasteiger partial charge on any atom is 0.261 e. The van der Waals surface area contributed by atoms with Crippen LogP contribution in [-0.4, -0.2) is 20.9 Å². The third-order valence-corrected chi connectivity index (χ3v) is 5.09. The molecule has 0 saturated carbocycles. The first kappa shape index (κ1) is 16.4. The molecule has 0 unspecified atom stereocenters. The minimum absolute atomic E-state index is 0.00874. The molecule has 2 aromatic carbocycles. The molecular weight excluding hydrogens is 338 g/mol. The third kappa shape index (κ3) is 3.23. The smallest absolute Gasteiger partial charge is 0.261 e. The molecular formula is C16H14F2N2O3S. The summed E-state index contributed by atoms with van der Waals surface area (Å²) in [4.78, 5) is 13.2. The summed E-state index contributed by atoms with van der Waals surface area (Å²) in [5.41, 5.74) is 0.141. The molecule has 0 aliphatic carbocycles. The van der Waals surface area contributed by atoms with Crippen LogP contribution in [0.2, 0.25) is 0 Å². The van der Waals surface area contributed by atoms with E-state index in [2.05, 4.69) is 0 Å². The molecule has 0 atom stereocenters. The van der Waals surface area contributed by atoms with Gasteiger partial charge in [0.2, 0.25) is 5.91 Å². The molecule has 1 N–H and O–H groups in total. The van der Waals surface area contributed by atoms with Crippen LogP contribution < -0.4 is 9.62 Å². The number of anilines is 2. The molecule has 0 aromatic heterocycles. The Bertz CT molecular complexity index is 883. The fourth-order valence-electron chi connectivity index (χ4n) is 2.51. The molecule has 8 heteroatoms. The van der Waals surface area contributed by atoms with Crippen LogP contribution in [0.25, 0.3) is 0 Å². The summed E-state index contributed by atoms with van der Waals surface area (Å²) in [7, 11) is -4.07. The van der Waals surface area contributed by atoms with Gasteiger partial charge in [-0.1, -0.05) is 0 Å². The Morgan fingerprint density at radius 3 is 2.38 bits per heavy atom. The first-order valence-electron chi connectivity index (χ1n) is 7.25. The van der Waals surface area contributed by atoms with E-state index in [1.54, 1.807) is 4.90 Å². The average Bonchev–Trinajstić information content (AvgIpc) is 2.97. The molecule has 1 saturated heterocycles. The van der Waals surface area contributed by atoms with Gasteiger partial charge in [-0.2, -0.15) is 0 Å². The number of carbonyl (C=O) groups excluding carboxylic acids is 1. The van der Waals surface area contributed by atoms with Crippen molar-refractivity contribution in [2.45, 2.75) is 17.7 Å². The Kier molecular flexibility index (Phi) is 4.23. The van der Waals surface area contributed by atoms with E-state index in [9.17, 15) is 22.0 Å². The van der Waals surface area contributed by atoms with Gasteiger partial charge < -0.3 is 4.90 Å². The number of rotatable bonds is 4. The van der Waals surface area contributed by atoms with Crippen LogP contribution in [0.4, 0.5) is 20.2 Å². The van der Waals surface area contributed by atoms with Crippen molar-refractivity contribution < 1.29 is 22.0 Å². The number of halogens is 2. The van der Waals surface area contributed by atoms with Crippen molar-refractivity contribution in [1.82, 2.24) is 0 Å². The first-order chi connectivity index (χ1) is 11.4. The number of benzene rings is 2.